The van der Waals surface area contributed by atoms with Gasteiger partial charge in [0.1, 0.15) is 11.5 Å². The maximum Gasteiger partial charge on any atom is 0.519 e. The van der Waals surface area contributed by atoms with Gasteiger partial charge in [-0.05, 0) is 61.1 Å². The van der Waals surface area contributed by atoms with E-state index >= 15 is 0 Å². The van der Waals surface area contributed by atoms with Crippen molar-refractivity contribution >= 4 is 6.16 Å². The quantitative estimate of drug-likeness (QED) is 0.163. The summed E-state index contributed by atoms with van der Waals surface area (Å²) >= 11 is 0. The summed E-state index contributed by atoms with van der Waals surface area (Å²) in [7, 11) is 0. The second-order valence-corrected chi connectivity index (χ2v) is 8.42. The number of hydrogen-bond donors (Lipinski definition) is 0. The van der Waals surface area contributed by atoms with E-state index in [1.807, 2.05) is 48.5 Å². The van der Waals surface area contributed by atoms with E-state index < -0.39 is 6.16 Å². The van der Waals surface area contributed by atoms with Gasteiger partial charge in [-0.2, -0.15) is 0 Å². The van der Waals surface area contributed by atoms with Gasteiger partial charge in [-0.15, -0.1) is 0 Å². The van der Waals surface area contributed by atoms with E-state index in [9.17, 15) is 4.79 Å². The molecule has 0 aliphatic heterocycles. The molecule has 0 unspecified atom stereocenters. The van der Waals surface area contributed by atoms with Crippen LogP contribution in [0.4, 0.5) is 4.79 Å². The first-order valence-corrected chi connectivity index (χ1v) is 12.3. The molecule has 0 N–H and O–H groups in total. The summed E-state index contributed by atoms with van der Waals surface area (Å²) in [5.74, 6) is 1.03. The van der Waals surface area contributed by atoms with E-state index in [4.69, 9.17) is 9.47 Å². The zero-order valence-corrected chi connectivity index (χ0v) is 19.5. The minimum atomic E-state index is -0.699. The third kappa shape index (κ3) is 11.1. The van der Waals surface area contributed by atoms with Gasteiger partial charge in [-0.25, -0.2) is 4.79 Å². The molecule has 170 valence electrons. The van der Waals surface area contributed by atoms with E-state index in [-0.39, 0.29) is 0 Å². The van der Waals surface area contributed by atoms with Crippen LogP contribution in [0.1, 0.15) is 95.6 Å². The molecule has 0 heterocycles. The second-order valence-electron chi connectivity index (χ2n) is 8.42. The number of aryl methyl sites for hydroxylation is 2. The van der Waals surface area contributed by atoms with Crippen LogP contribution < -0.4 is 9.47 Å². The van der Waals surface area contributed by atoms with Crippen molar-refractivity contribution in [2.75, 3.05) is 0 Å². The van der Waals surface area contributed by atoms with E-state index in [2.05, 4.69) is 13.8 Å². The van der Waals surface area contributed by atoms with E-state index in [0.29, 0.717) is 11.5 Å². The molecule has 2 aromatic carbocycles. The Bertz CT molecular complexity index is 719. The van der Waals surface area contributed by atoms with Crippen LogP contribution in [-0.2, 0) is 12.8 Å². The molecule has 3 nitrogen and oxygen atoms in total. The molecule has 0 aliphatic rings. The van der Waals surface area contributed by atoms with Gasteiger partial charge in [0.25, 0.3) is 0 Å². The Labute approximate surface area is 189 Å². The first-order chi connectivity index (χ1) is 15.2. The van der Waals surface area contributed by atoms with Crippen molar-refractivity contribution in [3.8, 4) is 11.5 Å². The molecule has 0 amide bonds. The number of carbonyl (C=O) groups is 1. The number of unbranched alkanes of at least 4 members (excludes halogenated alkanes) is 9. The Kier molecular flexibility index (Phi) is 12.5. The van der Waals surface area contributed by atoms with Crippen LogP contribution in [0.5, 0.6) is 11.5 Å². The molecule has 0 aliphatic carbocycles. The fraction of sp³-hybridized carbons (Fsp3) is 0.536. The lowest BCUT2D eigenvalue weighted by molar-refractivity contribution is 0.152. The topological polar surface area (TPSA) is 35.5 Å². The average Bonchev–Trinajstić information content (AvgIpc) is 2.78. The van der Waals surface area contributed by atoms with Crippen molar-refractivity contribution in [3.05, 3.63) is 59.7 Å². The van der Waals surface area contributed by atoms with E-state index in [1.54, 1.807) is 0 Å². The molecule has 2 aromatic rings. The van der Waals surface area contributed by atoms with Crippen molar-refractivity contribution in [2.45, 2.75) is 97.3 Å². The Morgan fingerprint density at radius 1 is 0.548 bits per heavy atom. The molecule has 0 atom stereocenters. The summed E-state index contributed by atoms with van der Waals surface area (Å²) in [6.45, 7) is 4.47. The summed E-state index contributed by atoms with van der Waals surface area (Å²) in [4.78, 5) is 12.1. The van der Waals surface area contributed by atoms with Gasteiger partial charge >= 0.3 is 6.16 Å². The maximum atomic E-state index is 12.1. The summed E-state index contributed by atoms with van der Waals surface area (Å²) in [5.41, 5.74) is 2.55. The zero-order valence-electron chi connectivity index (χ0n) is 19.5. The van der Waals surface area contributed by atoms with Crippen molar-refractivity contribution in [1.82, 2.24) is 0 Å². The maximum absolute atomic E-state index is 12.1. The van der Waals surface area contributed by atoms with Gasteiger partial charge < -0.3 is 9.47 Å². The van der Waals surface area contributed by atoms with Crippen molar-refractivity contribution < 1.29 is 14.3 Å². The Morgan fingerprint density at radius 2 is 0.903 bits per heavy atom. The van der Waals surface area contributed by atoms with Crippen molar-refractivity contribution in [3.63, 3.8) is 0 Å². The number of benzene rings is 2. The predicted molar refractivity (Wildman–Crippen MR) is 129 cm³/mol. The fourth-order valence-electron chi connectivity index (χ4n) is 3.70. The van der Waals surface area contributed by atoms with Crippen molar-refractivity contribution in [2.24, 2.45) is 0 Å². The Hall–Kier alpha value is -2.29. The van der Waals surface area contributed by atoms with Crippen LogP contribution in [0.15, 0.2) is 48.5 Å². The standard InChI is InChI=1S/C28H40O3/c1-3-5-7-9-10-11-13-15-25-18-22-27(23-19-25)31-28(29)30-26-20-16-24(17-21-26)14-12-8-6-4-2/h16-23H,3-15H2,1-2H3. The molecule has 0 aromatic heterocycles. The van der Waals surface area contributed by atoms with E-state index in [1.165, 1.54) is 81.8 Å². The number of ether oxygens (including phenoxy) is 2. The number of rotatable bonds is 15. The lowest BCUT2D eigenvalue weighted by Gasteiger charge is -2.08. The number of hydrogen-bond acceptors (Lipinski definition) is 3. The minimum absolute atomic E-state index is 0.512. The molecular formula is C28H40O3. The van der Waals surface area contributed by atoms with Gasteiger partial charge in [0.05, 0.1) is 0 Å². The van der Waals surface area contributed by atoms with E-state index in [0.717, 1.165) is 12.8 Å². The van der Waals surface area contributed by atoms with Crippen LogP contribution in [0.3, 0.4) is 0 Å². The molecule has 0 fully saturated rings. The first kappa shape index (κ1) is 25.0. The van der Waals surface area contributed by atoms with Crippen LogP contribution in [-0.4, -0.2) is 6.16 Å². The highest BCUT2D eigenvalue weighted by atomic mass is 16.7. The van der Waals surface area contributed by atoms with Crippen molar-refractivity contribution in [1.29, 1.82) is 0 Å². The SMILES string of the molecule is CCCCCCCCCc1ccc(OC(=O)Oc2ccc(CCCCCC)cc2)cc1. The second kappa shape index (κ2) is 15.5. The minimum Gasteiger partial charge on any atom is -0.395 e. The monoisotopic (exact) mass is 424 g/mol. The van der Waals surface area contributed by atoms with Crippen LogP contribution in [0.2, 0.25) is 0 Å². The lowest BCUT2D eigenvalue weighted by atomic mass is 10.0. The van der Waals surface area contributed by atoms with Gasteiger partial charge in [-0.1, -0.05) is 95.9 Å². The third-order valence-corrected chi connectivity index (χ3v) is 5.64. The molecular weight excluding hydrogens is 384 g/mol. The molecule has 0 bridgehead atoms. The van der Waals surface area contributed by atoms with Gasteiger partial charge in [0, 0.05) is 0 Å². The Morgan fingerprint density at radius 3 is 1.32 bits per heavy atom. The van der Waals surface area contributed by atoms with Crippen LogP contribution in [0, 0.1) is 0 Å². The molecule has 31 heavy (non-hydrogen) atoms. The first-order valence-electron chi connectivity index (χ1n) is 12.3. The summed E-state index contributed by atoms with van der Waals surface area (Å²) in [6.07, 6.45) is 15.6. The number of carbonyl (C=O) groups excluding carboxylic acids is 1. The summed E-state index contributed by atoms with van der Waals surface area (Å²) in [6, 6.07) is 15.5. The fourth-order valence-corrected chi connectivity index (χ4v) is 3.70. The molecule has 3 heteroatoms. The molecule has 0 radical (unpaired) electrons. The van der Waals surface area contributed by atoms with Gasteiger partial charge in [0.2, 0.25) is 0 Å². The highest BCUT2D eigenvalue weighted by Crippen LogP contribution is 2.18. The van der Waals surface area contributed by atoms with Crippen LogP contribution >= 0.6 is 0 Å². The Balaban J connectivity index is 1.66. The van der Waals surface area contributed by atoms with Crippen LogP contribution in [0.25, 0.3) is 0 Å². The summed E-state index contributed by atoms with van der Waals surface area (Å²) in [5, 5.41) is 0. The average molecular weight is 425 g/mol. The molecule has 0 saturated heterocycles. The largest absolute Gasteiger partial charge is 0.519 e. The normalized spacial score (nSPS) is 10.8. The molecule has 2 rings (SSSR count). The predicted octanol–water partition coefficient (Wildman–Crippen LogP) is 8.68. The third-order valence-electron chi connectivity index (χ3n) is 5.64. The highest BCUT2D eigenvalue weighted by Gasteiger charge is 2.08. The lowest BCUT2D eigenvalue weighted by Crippen LogP contribution is -2.13. The van der Waals surface area contributed by atoms with Gasteiger partial charge in [-0.3, -0.25) is 0 Å². The smallest absolute Gasteiger partial charge is 0.395 e. The highest BCUT2D eigenvalue weighted by molar-refractivity contribution is 5.67. The molecule has 0 spiro atoms. The summed E-state index contributed by atoms with van der Waals surface area (Å²) < 4.78 is 10.6. The zero-order chi connectivity index (χ0) is 22.2. The van der Waals surface area contributed by atoms with Gasteiger partial charge in [0.15, 0.2) is 0 Å². The molecule has 0 saturated carbocycles.